The summed E-state index contributed by atoms with van der Waals surface area (Å²) in [6, 6.07) is 10.3. The van der Waals surface area contributed by atoms with Crippen molar-refractivity contribution in [3.63, 3.8) is 0 Å². The minimum Gasteiger partial charge on any atom is -0.481 e. The summed E-state index contributed by atoms with van der Waals surface area (Å²) >= 11 is 0. The van der Waals surface area contributed by atoms with Gasteiger partial charge in [-0.2, -0.15) is 0 Å². The van der Waals surface area contributed by atoms with Crippen LogP contribution in [0.15, 0.2) is 30.3 Å². The average Bonchev–Trinajstić information content (AvgIpc) is 2.99. The van der Waals surface area contributed by atoms with Gasteiger partial charge in [0.25, 0.3) is 0 Å². The summed E-state index contributed by atoms with van der Waals surface area (Å²) in [4.78, 5) is 13.8. The first-order chi connectivity index (χ1) is 9.20. The Kier molecular flexibility index (Phi) is 6.47. The van der Waals surface area contributed by atoms with Crippen LogP contribution in [0.2, 0.25) is 0 Å². The van der Waals surface area contributed by atoms with Crippen molar-refractivity contribution < 1.29 is 9.90 Å². The minimum absolute atomic E-state index is 0. The third kappa shape index (κ3) is 3.69. The van der Waals surface area contributed by atoms with Crippen LogP contribution in [-0.2, 0) is 11.3 Å². The first-order valence-corrected chi connectivity index (χ1v) is 6.89. The fourth-order valence-corrected chi connectivity index (χ4v) is 3.57. The smallest absolute Gasteiger partial charge is 0.308 e. The van der Waals surface area contributed by atoms with Gasteiger partial charge in [-0.3, -0.25) is 9.69 Å². The van der Waals surface area contributed by atoms with Crippen molar-refractivity contribution in [2.75, 3.05) is 26.2 Å². The Hall–Kier alpha value is -0.810. The number of halogens is 2. The van der Waals surface area contributed by atoms with Gasteiger partial charge < -0.3 is 10.4 Å². The maximum absolute atomic E-state index is 11.5. The molecule has 2 atom stereocenters. The van der Waals surface area contributed by atoms with Crippen LogP contribution < -0.4 is 5.32 Å². The van der Waals surface area contributed by atoms with Crippen molar-refractivity contribution in [1.82, 2.24) is 10.2 Å². The van der Waals surface area contributed by atoms with Crippen molar-refractivity contribution in [2.45, 2.75) is 13.0 Å². The Balaban J connectivity index is 0.00000110. The van der Waals surface area contributed by atoms with Crippen LogP contribution >= 0.6 is 24.8 Å². The second kappa shape index (κ2) is 7.45. The fraction of sp³-hybridized carbons (Fsp3) is 0.533. The van der Waals surface area contributed by atoms with E-state index in [4.69, 9.17) is 0 Å². The molecule has 2 aliphatic rings. The van der Waals surface area contributed by atoms with E-state index in [0.29, 0.717) is 6.54 Å². The van der Waals surface area contributed by atoms with Crippen LogP contribution in [0.25, 0.3) is 0 Å². The molecular formula is C15H22Cl2N2O2. The second-order valence-corrected chi connectivity index (χ2v) is 5.84. The Morgan fingerprint density at radius 3 is 2.62 bits per heavy atom. The van der Waals surface area contributed by atoms with E-state index in [1.807, 2.05) is 18.2 Å². The summed E-state index contributed by atoms with van der Waals surface area (Å²) in [6.07, 6.45) is 0.981. The van der Waals surface area contributed by atoms with E-state index in [2.05, 4.69) is 22.3 Å². The molecule has 6 heteroatoms. The third-order valence-electron chi connectivity index (χ3n) is 4.54. The number of carboxylic acids is 1. The highest BCUT2D eigenvalue weighted by molar-refractivity contribution is 5.85. The molecule has 4 nitrogen and oxygen atoms in total. The summed E-state index contributed by atoms with van der Waals surface area (Å²) in [6.45, 7) is 4.21. The summed E-state index contributed by atoms with van der Waals surface area (Å²) in [7, 11) is 0. The molecule has 0 bridgehead atoms. The maximum Gasteiger partial charge on any atom is 0.308 e. The molecule has 2 aliphatic heterocycles. The van der Waals surface area contributed by atoms with E-state index >= 15 is 0 Å². The highest BCUT2D eigenvalue weighted by Gasteiger charge is 2.51. The first kappa shape index (κ1) is 18.2. The first-order valence-electron chi connectivity index (χ1n) is 6.89. The van der Waals surface area contributed by atoms with E-state index in [0.717, 1.165) is 32.6 Å². The van der Waals surface area contributed by atoms with Gasteiger partial charge in [0.2, 0.25) is 0 Å². The predicted molar refractivity (Wildman–Crippen MR) is 87.3 cm³/mol. The number of nitrogens with one attached hydrogen (secondary N) is 1. The largest absolute Gasteiger partial charge is 0.481 e. The molecule has 1 spiro atoms. The van der Waals surface area contributed by atoms with Crippen molar-refractivity contribution in [3.8, 4) is 0 Å². The number of rotatable bonds is 3. The predicted octanol–water partition coefficient (Wildman–Crippen LogP) is 2.03. The Bertz CT molecular complexity index is 464. The molecule has 21 heavy (non-hydrogen) atoms. The van der Waals surface area contributed by atoms with Crippen LogP contribution in [0.5, 0.6) is 0 Å². The fourth-order valence-electron chi connectivity index (χ4n) is 3.57. The van der Waals surface area contributed by atoms with Gasteiger partial charge in [0.05, 0.1) is 5.92 Å². The lowest BCUT2D eigenvalue weighted by molar-refractivity contribution is -0.144. The van der Waals surface area contributed by atoms with Crippen LogP contribution in [-0.4, -0.2) is 42.2 Å². The molecule has 0 amide bonds. The minimum atomic E-state index is -0.640. The zero-order chi connectivity index (χ0) is 13.3. The number of carbonyl (C=O) groups is 1. The van der Waals surface area contributed by atoms with E-state index in [1.165, 1.54) is 5.56 Å². The number of hydrogen-bond donors (Lipinski definition) is 2. The standard InChI is InChI=1S/C15H20N2O2.2ClH/c18-14(19)13-9-17(8-12-4-2-1-3-5-12)11-15(13)6-7-16-10-15;;/h1-5,13,16H,6-11H2,(H,18,19);2*1H. The third-order valence-corrected chi connectivity index (χ3v) is 4.54. The molecule has 2 fully saturated rings. The summed E-state index contributed by atoms with van der Waals surface area (Å²) in [5.41, 5.74) is 1.20. The van der Waals surface area contributed by atoms with E-state index < -0.39 is 5.97 Å². The van der Waals surface area contributed by atoms with Crippen molar-refractivity contribution in [3.05, 3.63) is 35.9 Å². The highest BCUT2D eigenvalue weighted by atomic mass is 35.5. The number of likely N-dealkylation sites (tertiary alicyclic amines) is 1. The average molecular weight is 333 g/mol. The Labute approximate surface area is 137 Å². The van der Waals surface area contributed by atoms with E-state index in [9.17, 15) is 9.90 Å². The highest BCUT2D eigenvalue weighted by Crippen LogP contribution is 2.41. The van der Waals surface area contributed by atoms with Crippen LogP contribution in [0.1, 0.15) is 12.0 Å². The zero-order valence-corrected chi connectivity index (χ0v) is 13.5. The lowest BCUT2D eigenvalue weighted by atomic mass is 9.77. The Morgan fingerprint density at radius 2 is 2.05 bits per heavy atom. The molecule has 0 radical (unpaired) electrons. The normalized spacial score (nSPS) is 28.1. The number of nitrogens with zero attached hydrogens (tertiary/aromatic N) is 1. The molecule has 1 aromatic rings. The van der Waals surface area contributed by atoms with Gasteiger partial charge in [-0.05, 0) is 18.5 Å². The molecule has 118 valence electrons. The van der Waals surface area contributed by atoms with Crippen LogP contribution in [0.4, 0.5) is 0 Å². The van der Waals surface area contributed by atoms with Crippen LogP contribution in [0.3, 0.4) is 0 Å². The maximum atomic E-state index is 11.5. The molecule has 0 saturated carbocycles. The number of hydrogen-bond acceptors (Lipinski definition) is 3. The summed E-state index contributed by atoms with van der Waals surface area (Å²) in [5, 5.41) is 12.8. The molecule has 2 N–H and O–H groups in total. The second-order valence-electron chi connectivity index (χ2n) is 5.84. The van der Waals surface area contributed by atoms with E-state index in [-0.39, 0.29) is 36.1 Å². The van der Waals surface area contributed by atoms with Gasteiger partial charge in [0.15, 0.2) is 0 Å². The molecule has 0 aromatic heterocycles. The van der Waals surface area contributed by atoms with Gasteiger partial charge in [0, 0.05) is 31.6 Å². The molecular weight excluding hydrogens is 311 g/mol. The quantitative estimate of drug-likeness (QED) is 0.889. The van der Waals surface area contributed by atoms with Crippen molar-refractivity contribution >= 4 is 30.8 Å². The topological polar surface area (TPSA) is 52.6 Å². The van der Waals surface area contributed by atoms with E-state index in [1.54, 1.807) is 0 Å². The number of carboxylic acid groups (broad SMARTS) is 1. The van der Waals surface area contributed by atoms with Crippen LogP contribution in [0, 0.1) is 11.3 Å². The molecule has 2 unspecified atom stereocenters. The van der Waals surface area contributed by atoms with Gasteiger partial charge in [-0.15, -0.1) is 24.8 Å². The molecule has 1 aromatic carbocycles. The van der Waals surface area contributed by atoms with Gasteiger partial charge in [-0.1, -0.05) is 30.3 Å². The zero-order valence-electron chi connectivity index (χ0n) is 11.8. The van der Waals surface area contributed by atoms with Crippen molar-refractivity contribution in [2.24, 2.45) is 11.3 Å². The SMILES string of the molecule is Cl.Cl.O=C(O)C1CN(Cc2ccccc2)CC12CCNC2. The number of benzene rings is 1. The monoisotopic (exact) mass is 332 g/mol. The molecule has 3 rings (SSSR count). The van der Waals surface area contributed by atoms with Gasteiger partial charge >= 0.3 is 5.97 Å². The van der Waals surface area contributed by atoms with Gasteiger partial charge in [-0.25, -0.2) is 0 Å². The lowest BCUT2D eigenvalue weighted by Gasteiger charge is -2.26. The number of aliphatic carboxylic acids is 1. The molecule has 2 saturated heterocycles. The summed E-state index contributed by atoms with van der Waals surface area (Å²) in [5.74, 6) is -0.870. The lowest BCUT2D eigenvalue weighted by Crippen LogP contribution is -2.36. The van der Waals surface area contributed by atoms with Crippen molar-refractivity contribution in [1.29, 1.82) is 0 Å². The molecule has 2 heterocycles. The molecule has 0 aliphatic carbocycles. The summed E-state index contributed by atoms with van der Waals surface area (Å²) < 4.78 is 0. The van der Waals surface area contributed by atoms with Gasteiger partial charge in [0.1, 0.15) is 0 Å². The Morgan fingerprint density at radius 1 is 1.33 bits per heavy atom.